The summed E-state index contributed by atoms with van der Waals surface area (Å²) in [5.41, 5.74) is -0.627. The maximum Gasteiger partial charge on any atom is 0.312 e. The van der Waals surface area contributed by atoms with Gasteiger partial charge in [0.05, 0.1) is 18.6 Å². The Morgan fingerprint density at radius 2 is 1.79 bits per heavy atom. The highest BCUT2D eigenvalue weighted by Gasteiger charge is 2.51. The van der Waals surface area contributed by atoms with Gasteiger partial charge in [0.2, 0.25) is 10.0 Å². The Morgan fingerprint density at radius 3 is 2.46 bits per heavy atom. The zero-order chi connectivity index (χ0) is 19.8. The number of morpholine rings is 1. The highest BCUT2D eigenvalue weighted by molar-refractivity contribution is 7.89. The molecular formula is C19H25FN2O5S. The molecule has 0 aromatic heterocycles. The molecular weight excluding hydrogens is 387 g/mol. The molecule has 0 amide bonds. The summed E-state index contributed by atoms with van der Waals surface area (Å²) in [5.74, 6) is -0.984. The number of halogens is 1. The van der Waals surface area contributed by atoms with Crippen LogP contribution in [0.25, 0.3) is 0 Å². The molecule has 0 saturated carbocycles. The van der Waals surface area contributed by atoms with Gasteiger partial charge in [0.25, 0.3) is 0 Å². The van der Waals surface area contributed by atoms with E-state index in [1.807, 2.05) is 0 Å². The first-order chi connectivity index (χ1) is 13.4. The molecule has 3 aliphatic rings. The van der Waals surface area contributed by atoms with E-state index < -0.39 is 21.3 Å². The molecule has 154 valence electrons. The van der Waals surface area contributed by atoms with Gasteiger partial charge in [-0.2, -0.15) is 4.31 Å². The molecule has 1 aromatic carbocycles. The third-order valence-corrected chi connectivity index (χ3v) is 7.96. The Kier molecular flexibility index (Phi) is 5.43. The minimum atomic E-state index is -3.91. The largest absolute Gasteiger partial charge is 0.461 e. The van der Waals surface area contributed by atoms with Crippen molar-refractivity contribution in [1.29, 1.82) is 0 Å². The number of piperidine rings is 1. The average Bonchev–Trinajstić information content (AvgIpc) is 2.97. The Hall–Kier alpha value is -1.55. The zero-order valence-corrected chi connectivity index (χ0v) is 16.5. The minimum absolute atomic E-state index is 0.166. The number of ether oxygens (including phenoxy) is 2. The van der Waals surface area contributed by atoms with E-state index in [0.717, 1.165) is 19.2 Å². The van der Waals surface area contributed by atoms with Crippen LogP contribution in [0.3, 0.4) is 0 Å². The molecule has 0 N–H and O–H groups in total. The van der Waals surface area contributed by atoms with Crippen molar-refractivity contribution in [2.75, 3.05) is 45.9 Å². The third kappa shape index (κ3) is 3.68. The van der Waals surface area contributed by atoms with E-state index in [4.69, 9.17) is 9.47 Å². The van der Waals surface area contributed by atoms with Crippen molar-refractivity contribution in [1.82, 2.24) is 9.21 Å². The van der Waals surface area contributed by atoms with Crippen LogP contribution >= 0.6 is 0 Å². The second-order valence-electron chi connectivity index (χ2n) is 7.76. The number of benzene rings is 1. The van der Waals surface area contributed by atoms with Crippen molar-refractivity contribution in [2.45, 2.75) is 30.3 Å². The number of cyclic esters (lactones) is 1. The summed E-state index contributed by atoms with van der Waals surface area (Å²) in [7, 11) is -3.91. The average molecular weight is 412 g/mol. The van der Waals surface area contributed by atoms with Crippen molar-refractivity contribution in [3.63, 3.8) is 0 Å². The van der Waals surface area contributed by atoms with E-state index in [-0.39, 0.29) is 30.1 Å². The summed E-state index contributed by atoms with van der Waals surface area (Å²) in [6, 6.07) is 5.38. The molecule has 0 aliphatic carbocycles. The van der Waals surface area contributed by atoms with Gasteiger partial charge in [-0.05, 0) is 25.0 Å². The van der Waals surface area contributed by atoms with Crippen LogP contribution in [-0.2, 0) is 24.3 Å². The SMILES string of the molecule is O=C1OC(CN2CCOCC2)CC12CCN(S(=O)(=O)c1ccccc1F)CC2. The van der Waals surface area contributed by atoms with Crippen LogP contribution in [-0.4, -0.2) is 75.6 Å². The van der Waals surface area contributed by atoms with Gasteiger partial charge in [-0.3, -0.25) is 9.69 Å². The first-order valence-electron chi connectivity index (χ1n) is 9.67. The van der Waals surface area contributed by atoms with Crippen LogP contribution in [0.2, 0.25) is 0 Å². The number of sulfonamides is 1. The highest BCUT2D eigenvalue weighted by atomic mass is 32.2. The molecule has 1 unspecified atom stereocenters. The molecule has 0 bridgehead atoms. The van der Waals surface area contributed by atoms with Crippen LogP contribution in [0.5, 0.6) is 0 Å². The van der Waals surface area contributed by atoms with E-state index in [9.17, 15) is 17.6 Å². The highest BCUT2D eigenvalue weighted by Crippen LogP contribution is 2.44. The van der Waals surface area contributed by atoms with Gasteiger partial charge >= 0.3 is 5.97 Å². The Morgan fingerprint density at radius 1 is 1.11 bits per heavy atom. The summed E-state index contributed by atoms with van der Waals surface area (Å²) in [5, 5.41) is 0. The topological polar surface area (TPSA) is 76.2 Å². The van der Waals surface area contributed by atoms with Crippen LogP contribution < -0.4 is 0 Å². The number of nitrogens with zero attached hydrogens (tertiary/aromatic N) is 2. The quantitative estimate of drug-likeness (QED) is 0.693. The molecule has 4 rings (SSSR count). The number of hydrogen-bond donors (Lipinski definition) is 0. The van der Waals surface area contributed by atoms with Gasteiger partial charge in [0.15, 0.2) is 0 Å². The van der Waals surface area contributed by atoms with Crippen LogP contribution in [0.4, 0.5) is 4.39 Å². The second-order valence-corrected chi connectivity index (χ2v) is 9.67. The number of rotatable bonds is 4. The molecule has 1 atom stereocenters. The Bertz CT molecular complexity index is 832. The van der Waals surface area contributed by atoms with E-state index in [0.29, 0.717) is 39.0 Å². The number of carbonyl (C=O) groups is 1. The van der Waals surface area contributed by atoms with Gasteiger partial charge in [-0.15, -0.1) is 0 Å². The number of hydrogen-bond acceptors (Lipinski definition) is 6. The maximum absolute atomic E-state index is 14.0. The normalized spacial score (nSPS) is 26.5. The summed E-state index contributed by atoms with van der Waals surface area (Å²) in [4.78, 5) is 14.5. The van der Waals surface area contributed by atoms with Gasteiger partial charge in [0, 0.05) is 39.1 Å². The first-order valence-corrected chi connectivity index (χ1v) is 11.1. The molecule has 3 fully saturated rings. The fraction of sp³-hybridized carbons (Fsp3) is 0.632. The summed E-state index contributed by atoms with van der Waals surface area (Å²) in [6.45, 7) is 4.11. The molecule has 0 radical (unpaired) electrons. The lowest BCUT2D eigenvalue weighted by Gasteiger charge is -2.36. The lowest BCUT2D eigenvalue weighted by Crippen LogP contribution is -2.45. The van der Waals surface area contributed by atoms with Gasteiger partial charge < -0.3 is 9.47 Å². The monoisotopic (exact) mass is 412 g/mol. The van der Waals surface area contributed by atoms with Crippen molar-refractivity contribution in [2.24, 2.45) is 5.41 Å². The smallest absolute Gasteiger partial charge is 0.312 e. The van der Waals surface area contributed by atoms with E-state index in [1.165, 1.54) is 22.5 Å². The predicted octanol–water partition coefficient (Wildman–Crippen LogP) is 1.24. The molecule has 7 nitrogen and oxygen atoms in total. The van der Waals surface area contributed by atoms with E-state index in [2.05, 4.69) is 4.90 Å². The molecule has 3 heterocycles. The van der Waals surface area contributed by atoms with Crippen LogP contribution in [0, 0.1) is 11.2 Å². The molecule has 3 aliphatic heterocycles. The Labute approximate surface area is 164 Å². The van der Waals surface area contributed by atoms with Crippen molar-refractivity contribution < 1.29 is 27.1 Å². The van der Waals surface area contributed by atoms with Crippen LogP contribution in [0.1, 0.15) is 19.3 Å². The van der Waals surface area contributed by atoms with Gasteiger partial charge in [0.1, 0.15) is 16.8 Å². The summed E-state index contributed by atoms with van der Waals surface area (Å²) in [6.07, 6.45) is 1.25. The zero-order valence-electron chi connectivity index (χ0n) is 15.7. The van der Waals surface area contributed by atoms with Crippen LogP contribution in [0.15, 0.2) is 29.2 Å². The lowest BCUT2D eigenvalue weighted by atomic mass is 9.76. The fourth-order valence-corrected chi connectivity index (χ4v) is 5.87. The molecule has 9 heteroatoms. The van der Waals surface area contributed by atoms with E-state index >= 15 is 0 Å². The van der Waals surface area contributed by atoms with Crippen molar-refractivity contribution in [3.8, 4) is 0 Å². The Balaban J connectivity index is 1.40. The number of carbonyl (C=O) groups excluding carboxylic acids is 1. The molecule has 1 spiro atoms. The molecule has 28 heavy (non-hydrogen) atoms. The third-order valence-electron chi connectivity index (χ3n) is 6.02. The first kappa shape index (κ1) is 19.8. The lowest BCUT2D eigenvalue weighted by molar-refractivity contribution is -0.151. The minimum Gasteiger partial charge on any atom is -0.461 e. The number of esters is 1. The summed E-state index contributed by atoms with van der Waals surface area (Å²) >= 11 is 0. The van der Waals surface area contributed by atoms with Crippen molar-refractivity contribution in [3.05, 3.63) is 30.1 Å². The van der Waals surface area contributed by atoms with Gasteiger partial charge in [-0.1, -0.05) is 12.1 Å². The van der Waals surface area contributed by atoms with E-state index in [1.54, 1.807) is 0 Å². The maximum atomic E-state index is 14.0. The standard InChI is InChI=1S/C19H25FN2O5S/c20-16-3-1-2-4-17(16)28(24,25)22-7-5-19(6-8-22)13-15(27-18(19)23)14-21-9-11-26-12-10-21/h1-4,15H,5-14H2. The fourth-order valence-electron chi connectivity index (χ4n) is 4.37. The van der Waals surface area contributed by atoms with Gasteiger partial charge in [-0.25, -0.2) is 12.8 Å². The molecule has 3 saturated heterocycles. The summed E-state index contributed by atoms with van der Waals surface area (Å²) < 4.78 is 51.8. The molecule has 1 aromatic rings. The second kappa shape index (κ2) is 7.70. The predicted molar refractivity (Wildman–Crippen MR) is 98.6 cm³/mol. The van der Waals surface area contributed by atoms with Crippen molar-refractivity contribution >= 4 is 16.0 Å².